The fraction of sp³-hybridized carbons (Fsp3) is 1.00. The van der Waals surface area contributed by atoms with E-state index in [9.17, 15) is 0 Å². The van der Waals surface area contributed by atoms with Crippen LogP contribution in [0.15, 0.2) is 0 Å². The predicted octanol–water partition coefficient (Wildman–Crippen LogP) is 2.89. The lowest BCUT2D eigenvalue weighted by Gasteiger charge is -2.42. The quantitative estimate of drug-likeness (QED) is 0.749. The van der Waals surface area contributed by atoms with Gasteiger partial charge in [-0.3, -0.25) is 4.90 Å². The summed E-state index contributed by atoms with van der Waals surface area (Å²) in [4.78, 5) is 2.75. The van der Waals surface area contributed by atoms with Gasteiger partial charge in [0.2, 0.25) is 0 Å². The zero-order chi connectivity index (χ0) is 12.0. The highest BCUT2D eigenvalue weighted by Gasteiger charge is 2.28. The molecule has 1 aliphatic rings. The molecule has 1 N–H and O–H groups in total. The van der Waals surface area contributed by atoms with Gasteiger partial charge in [0.15, 0.2) is 0 Å². The van der Waals surface area contributed by atoms with Crippen LogP contribution in [0.2, 0.25) is 0 Å². The maximum Gasteiger partial charge on any atom is 0.0249 e. The van der Waals surface area contributed by atoms with Crippen LogP contribution in [0.25, 0.3) is 0 Å². The zero-order valence-corrected chi connectivity index (χ0v) is 11.6. The summed E-state index contributed by atoms with van der Waals surface area (Å²) in [6.45, 7) is 13.1. The minimum absolute atomic E-state index is 0.735. The lowest BCUT2D eigenvalue weighted by Crippen LogP contribution is -2.53. The van der Waals surface area contributed by atoms with Gasteiger partial charge in [-0.15, -0.1) is 0 Å². The van der Waals surface area contributed by atoms with Crippen molar-refractivity contribution in [1.29, 1.82) is 0 Å². The standard InChI is InChI=1S/C14H30N2/c1-5-7-10-16(13(4)6-2)14-11-15-9-8-12(14)3/h12-15H,5-11H2,1-4H3. The fourth-order valence-electron chi connectivity index (χ4n) is 2.71. The Morgan fingerprint density at radius 1 is 1.38 bits per heavy atom. The summed E-state index contributed by atoms with van der Waals surface area (Å²) >= 11 is 0. The van der Waals surface area contributed by atoms with E-state index >= 15 is 0 Å². The largest absolute Gasteiger partial charge is 0.315 e. The van der Waals surface area contributed by atoms with Crippen LogP contribution in [0.5, 0.6) is 0 Å². The molecule has 96 valence electrons. The number of hydrogen-bond acceptors (Lipinski definition) is 2. The first-order valence-corrected chi connectivity index (χ1v) is 7.17. The highest BCUT2D eigenvalue weighted by Crippen LogP contribution is 2.21. The summed E-state index contributed by atoms with van der Waals surface area (Å²) in [5, 5.41) is 3.56. The van der Waals surface area contributed by atoms with Crippen molar-refractivity contribution in [2.24, 2.45) is 5.92 Å². The van der Waals surface area contributed by atoms with E-state index in [1.807, 2.05) is 0 Å². The fourth-order valence-corrected chi connectivity index (χ4v) is 2.71. The van der Waals surface area contributed by atoms with E-state index in [1.165, 1.54) is 45.3 Å². The topological polar surface area (TPSA) is 15.3 Å². The van der Waals surface area contributed by atoms with E-state index in [1.54, 1.807) is 0 Å². The van der Waals surface area contributed by atoms with Crippen molar-refractivity contribution in [3.63, 3.8) is 0 Å². The molecule has 0 saturated carbocycles. The second kappa shape index (κ2) is 7.29. The number of nitrogens with zero attached hydrogens (tertiary/aromatic N) is 1. The van der Waals surface area contributed by atoms with Crippen LogP contribution >= 0.6 is 0 Å². The molecule has 2 heteroatoms. The van der Waals surface area contributed by atoms with E-state index in [0.29, 0.717) is 0 Å². The normalized spacial score (nSPS) is 28.3. The Labute approximate surface area is 102 Å². The predicted molar refractivity (Wildman–Crippen MR) is 71.8 cm³/mol. The number of piperidine rings is 1. The molecule has 0 amide bonds. The number of hydrogen-bond donors (Lipinski definition) is 1. The van der Waals surface area contributed by atoms with Gasteiger partial charge >= 0.3 is 0 Å². The first-order chi connectivity index (χ1) is 7.70. The minimum atomic E-state index is 0.735. The molecule has 1 saturated heterocycles. The van der Waals surface area contributed by atoms with E-state index < -0.39 is 0 Å². The first-order valence-electron chi connectivity index (χ1n) is 7.17. The Kier molecular flexibility index (Phi) is 6.37. The molecule has 0 spiro atoms. The van der Waals surface area contributed by atoms with Gasteiger partial charge < -0.3 is 5.32 Å². The molecule has 1 fully saturated rings. The van der Waals surface area contributed by atoms with Crippen molar-refractivity contribution in [1.82, 2.24) is 10.2 Å². The third-order valence-corrected chi connectivity index (χ3v) is 4.14. The lowest BCUT2D eigenvalue weighted by atomic mass is 9.92. The lowest BCUT2D eigenvalue weighted by molar-refractivity contribution is 0.0814. The number of unbranched alkanes of at least 4 members (excludes halogenated alkanes) is 1. The molecule has 1 rings (SSSR count). The molecule has 1 heterocycles. The third-order valence-electron chi connectivity index (χ3n) is 4.14. The summed E-state index contributed by atoms with van der Waals surface area (Å²) < 4.78 is 0. The Morgan fingerprint density at radius 3 is 2.69 bits per heavy atom. The molecule has 2 nitrogen and oxygen atoms in total. The van der Waals surface area contributed by atoms with Gasteiger partial charge in [0, 0.05) is 18.6 Å². The molecule has 0 aromatic carbocycles. The van der Waals surface area contributed by atoms with E-state index in [-0.39, 0.29) is 0 Å². The molecule has 16 heavy (non-hydrogen) atoms. The maximum absolute atomic E-state index is 3.56. The third kappa shape index (κ3) is 3.74. The first kappa shape index (κ1) is 14.0. The van der Waals surface area contributed by atoms with Gasteiger partial charge in [-0.25, -0.2) is 0 Å². The number of nitrogens with one attached hydrogen (secondary N) is 1. The second-order valence-corrected chi connectivity index (χ2v) is 5.39. The van der Waals surface area contributed by atoms with E-state index in [2.05, 4.69) is 37.9 Å². The molecular weight excluding hydrogens is 196 g/mol. The van der Waals surface area contributed by atoms with Gasteiger partial charge in [0.25, 0.3) is 0 Å². The summed E-state index contributed by atoms with van der Waals surface area (Å²) in [6, 6.07) is 1.49. The van der Waals surface area contributed by atoms with E-state index in [0.717, 1.165) is 18.0 Å². The highest BCUT2D eigenvalue weighted by molar-refractivity contribution is 4.85. The number of rotatable bonds is 6. The molecule has 0 aliphatic carbocycles. The Morgan fingerprint density at radius 2 is 2.12 bits per heavy atom. The molecule has 0 radical (unpaired) electrons. The summed E-state index contributed by atoms with van der Waals surface area (Å²) in [5.41, 5.74) is 0. The van der Waals surface area contributed by atoms with Gasteiger partial charge in [-0.2, -0.15) is 0 Å². The zero-order valence-electron chi connectivity index (χ0n) is 11.6. The van der Waals surface area contributed by atoms with Crippen LogP contribution in [0.1, 0.15) is 53.4 Å². The van der Waals surface area contributed by atoms with Gasteiger partial charge in [-0.1, -0.05) is 27.2 Å². The summed E-state index contributed by atoms with van der Waals surface area (Å²) in [5.74, 6) is 0.854. The molecule has 0 aromatic rings. The molecule has 3 unspecified atom stereocenters. The molecule has 0 aromatic heterocycles. The highest BCUT2D eigenvalue weighted by atomic mass is 15.2. The van der Waals surface area contributed by atoms with Crippen molar-refractivity contribution < 1.29 is 0 Å². The van der Waals surface area contributed by atoms with Crippen molar-refractivity contribution >= 4 is 0 Å². The van der Waals surface area contributed by atoms with Gasteiger partial charge in [0.05, 0.1) is 0 Å². The molecule has 3 atom stereocenters. The van der Waals surface area contributed by atoms with Crippen LogP contribution < -0.4 is 5.32 Å². The molecule has 1 aliphatic heterocycles. The van der Waals surface area contributed by atoms with Crippen LogP contribution in [0.3, 0.4) is 0 Å². The Balaban J connectivity index is 2.57. The second-order valence-electron chi connectivity index (χ2n) is 5.39. The van der Waals surface area contributed by atoms with Crippen molar-refractivity contribution in [2.75, 3.05) is 19.6 Å². The van der Waals surface area contributed by atoms with Crippen molar-refractivity contribution in [3.05, 3.63) is 0 Å². The maximum atomic E-state index is 3.56. The van der Waals surface area contributed by atoms with Crippen molar-refractivity contribution in [3.8, 4) is 0 Å². The summed E-state index contributed by atoms with van der Waals surface area (Å²) in [7, 11) is 0. The average molecular weight is 226 g/mol. The van der Waals surface area contributed by atoms with E-state index in [4.69, 9.17) is 0 Å². The van der Waals surface area contributed by atoms with Crippen LogP contribution in [-0.4, -0.2) is 36.6 Å². The molecule has 0 bridgehead atoms. The van der Waals surface area contributed by atoms with Crippen LogP contribution in [0, 0.1) is 5.92 Å². The Hall–Kier alpha value is -0.0800. The van der Waals surface area contributed by atoms with Crippen LogP contribution in [0.4, 0.5) is 0 Å². The smallest absolute Gasteiger partial charge is 0.0249 e. The van der Waals surface area contributed by atoms with Crippen LogP contribution in [-0.2, 0) is 0 Å². The van der Waals surface area contributed by atoms with Gasteiger partial charge in [-0.05, 0) is 45.2 Å². The Bertz CT molecular complexity index is 182. The van der Waals surface area contributed by atoms with Gasteiger partial charge in [0.1, 0.15) is 0 Å². The summed E-state index contributed by atoms with van der Waals surface area (Å²) in [6.07, 6.45) is 5.26. The average Bonchev–Trinajstić information content (AvgIpc) is 2.31. The minimum Gasteiger partial charge on any atom is -0.315 e. The SMILES string of the molecule is CCCCN(C(C)CC)C1CNCCC1C. The molecular formula is C14H30N2. The monoisotopic (exact) mass is 226 g/mol. The van der Waals surface area contributed by atoms with Crippen molar-refractivity contribution in [2.45, 2.75) is 65.5 Å².